The maximum Gasteiger partial charge on any atom is 0.246 e. The van der Waals surface area contributed by atoms with Gasteiger partial charge >= 0.3 is 0 Å². The van der Waals surface area contributed by atoms with E-state index in [1.807, 2.05) is 0 Å². The van der Waals surface area contributed by atoms with Crippen molar-refractivity contribution in [2.24, 2.45) is 5.92 Å². The van der Waals surface area contributed by atoms with Crippen LogP contribution >= 0.6 is 0 Å². The molecule has 0 spiro atoms. The number of benzene rings is 1. The summed E-state index contributed by atoms with van der Waals surface area (Å²) < 4.78 is 26.8. The van der Waals surface area contributed by atoms with Gasteiger partial charge in [-0.25, -0.2) is 8.78 Å². The van der Waals surface area contributed by atoms with E-state index in [9.17, 15) is 18.4 Å². The molecule has 1 heterocycles. The third kappa shape index (κ3) is 2.50. The first-order valence-electron chi connectivity index (χ1n) is 6.56. The van der Waals surface area contributed by atoms with Gasteiger partial charge in [0.05, 0.1) is 6.54 Å². The Bertz CT molecular complexity index is 572. The Morgan fingerprint density at radius 1 is 1.25 bits per heavy atom. The van der Waals surface area contributed by atoms with Gasteiger partial charge in [-0.1, -0.05) is 0 Å². The van der Waals surface area contributed by atoms with Crippen LogP contribution in [0.25, 0.3) is 0 Å². The summed E-state index contributed by atoms with van der Waals surface area (Å²) in [6, 6.07) is 2.60. The zero-order chi connectivity index (χ0) is 14.3. The normalized spacial score (nSPS) is 22.9. The van der Waals surface area contributed by atoms with Crippen molar-refractivity contribution in [3.05, 3.63) is 35.4 Å². The molecule has 2 aliphatic rings. The summed E-state index contributed by atoms with van der Waals surface area (Å²) in [5.74, 6) is -1.41. The van der Waals surface area contributed by atoms with E-state index in [1.54, 1.807) is 0 Å². The van der Waals surface area contributed by atoms with Crippen molar-refractivity contribution in [3.8, 4) is 0 Å². The molecule has 4 nitrogen and oxygen atoms in total. The molecule has 2 fully saturated rings. The Balaban J connectivity index is 1.79. The first-order valence-corrected chi connectivity index (χ1v) is 6.56. The van der Waals surface area contributed by atoms with Crippen LogP contribution in [0.15, 0.2) is 18.2 Å². The van der Waals surface area contributed by atoms with Gasteiger partial charge in [-0.05, 0) is 37.0 Å². The number of hydrogen-bond acceptors (Lipinski definition) is 2. The number of nitrogens with zero attached hydrogens (tertiary/aromatic N) is 1. The minimum absolute atomic E-state index is 0.0843. The number of piperazine rings is 1. The summed E-state index contributed by atoms with van der Waals surface area (Å²) in [5, 5.41) is 2.67. The van der Waals surface area contributed by atoms with E-state index in [2.05, 4.69) is 5.32 Å². The number of carbonyl (C=O) groups excluding carboxylic acids is 2. The zero-order valence-corrected chi connectivity index (χ0v) is 10.7. The number of carbonyl (C=O) groups is 2. The van der Waals surface area contributed by atoms with Gasteiger partial charge in [0.15, 0.2) is 0 Å². The molecule has 2 amide bonds. The molecule has 6 heteroatoms. The maximum atomic E-state index is 13.6. The fraction of sp³-hybridized carbons (Fsp3) is 0.429. The highest BCUT2D eigenvalue weighted by Crippen LogP contribution is 2.34. The fourth-order valence-corrected chi connectivity index (χ4v) is 2.48. The molecule has 106 valence electrons. The molecule has 1 atom stereocenters. The van der Waals surface area contributed by atoms with Crippen molar-refractivity contribution in [2.45, 2.75) is 25.4 Å². The van der Waals surface area contributed by atoms with Crippen LogP contribution < -0.4 is 5.32 Å². The van der Waals surface area contributed by atoms with Crippen LogP contribution in [0.4, 0.5) is 8.78 Å². The lowest BCUT2D eigenvalue weighted by atomic mass is 10.1. The van der Waals surface area contributed by atoms with Crippen molar-refractivity contribution in [1.29, 1.82) is 0 Å². The quantitative estimate of drug-likeness (QED) is 0.904. The molecule has 1 aromatic rings. The van der Waals surface area contributed by atoms with Gasteiger partial charge in [-0.3, -0.25) is 9.59 Å². The molecule has 1 aliphatic carbocycles. The van der Waals surface area contributed by atoms with E-state index in [1.165, 1.54) is 4.90 Å². The summed E-state index contributed by atoms with van der Waals surface area (Å²) in [6.07, 6.45) is 1.83. The van der Waals surface area contributed by atoms with E-state index in [4.69, 9.17) is 0 Å². The van der Waals surface area contributed by atoms with Crippen LogP contribution in [-0.2, 0) is 16.1 Å². The third-order valence-electron chi connectivity index (χ3n) is 3.69. The first kappa shape index (κ1) is 13.0. The molecule has 1 aromatic carbocycles. The van der Waals surface area contributed by atoms with E-state index >= 15 is 0 Å². The lowest BCUT2D eigenvalue weighted by Crippen LogP contribution is -2.58. The summed E-state index contributed by atoms with van der Waals surface area (Å²) in [7, 11) is 0. The predicted molar refractivity (Wildman–Crippen MR) is 66.4 cm³/mol. The fourth-order valence-electron chi connectivity index (χ4n) is 2.48. The lowest BCUT2D eigenvalue weighted by Gasteiger charge is -2.32. The number of hydrogen-bond donors (Lipinski definition) is 1. The summed E-state index contributed by atoms with van der Waals surface area (Å²) in [5.41, 5.74) is 0.0857. The van der Waals surface area contributed by atoms with Gasteiger partial charge < -0.3 is 10.2 Å². The van der Waals surface area contributed by atoms with Crippen molar-refractivity contribution in [2.75, 3.05) is 6.54 Å². The highest BCUT2D eigenvalue weighted by Gasteiger charge is 2.42. The zero-order valence-electron chi connectivity index (χ0n) is 10.7. The molecule has 20 heavy (non-hydrogen) atoms. The van der Waals surface area contributed by atoms with Gasteiger partial charge in [-0.15, -0.1) is 0 Å². The molecule has 1 saturated carbocycles. The van der Waals surface area contributed by atoms with E-state index in [0.717, 1.165) is 31.0 Å². The molecule has 1 saturated heterocycles. The molecular formula is C14H14F2N2O2. The van der Waals surface area contributed by atoms with Crippen molar-refractivity contribution < 1.29 is 18.4 Å². The largest absolute Gasteiger partial charge is 0.342 e. The van der Waals surface area contributed by atoms with Gasteiger partial charge in [0.25, 0.3) is 0 Å². The monoisotopic (exact) mass is 280 g/mol. The molecule has 3 rings (SSSR count). The molecule has 0 aromatic heterocycles. The molecule has 1 unspecified atom stereocenters. The second kappa shape index (κ2) is 4.85. The van der Waals surface area contributed by atoms with E-state index < -0.39 is 17.7 Å². The maximum absolute atomic E-state index is 13.6. The molecule has 1 aliphatic heterocycles. The Morgan fingerprint density at radius 2 is 2.00 bits per heavy atom. The SMILES string of the molecule is O=C1CN(Cc2cc(F)ccc2F)C(=O)C(C2CC2)N1. The highest BCUT2D eigenvalue weighted by atomic mass is 19.1. The van der Waals surface area contributed by atoms with Crippen LogP contribution in [0.1, 0.15) is 18.4 Å². The second-order valence-electron chi connectivity index (χ2n) is 5.31. The highest BCUT2D eigenvalue weighted by molar-refractivity contribution is 5.95. The van der Waals surface area contributed by atoms with Crippen LogP contribution in [0, 0.1) is 17.6 Å². The van der Waals surface area contributed by atoms with Crippen LogP contribution in [0.5, 0.6) is 0 Å². The van der Waals surface area contributed by atoms with Gasteiger partial charge in [0.2, 0.25) is 11.8 Å². The summed E-state index contributed by atoms with van der Waals surface area (Å²) >= 11 is 0. The average molecular weight is 280 g/mol. The number of nitrogens with one attached hydrogen (secondary N) is 1. The van der Waals surface area contributed by atoms with Gasteiger partial charge in [0, 0.05) is 12.1 Å². The Kier molecular flexibility index (Phi) is 3.16. The van der Waals surface area contributed by atoms with Gasteiger partial charge in [-0.2, -0.15) is 0 Å². The third-order valence-corrected chi connectivity index (χ3v) is 3.69. The van der Waals surface area contributed by atoms with E-state index in [-0.39, 0.29) is 36.4 Å². The minimum atomic E-state index is -0.576. The number of rotatable bonds is 3. The molecule has 1 N–H and O–H groups in total. The smallest absolute Gasteiger partial charge is 0.246 e. The van der Waals surface area contributed by atoms with E-state index in [0.29, 0.717) is 0 Å². The van der Waals surface area contributed by atoms with Crippen LogP contribution in [-0.4, -0.2) is 29.3 Å². The average Bonchev–Trinajstić information content (AvgIpc) is 3.22. The standard InChI is InChI=1S/C14H14F2N2O2/c15-10-3-4-11(16)9(5-10)6-18-7-12(19)17-13(14(18)20)8-1-2-8/h3-5,8,13H,1-2,6-7H2,(H,17,19). The van der Waals surface area contributed by atoms with Gasteiger partial charge in [0.1, 0.15) is 17.7 Å². The summed E-state index contributed by atoms with van der Waals surface area (Å²) in [4.78, 5) is 25.2. The Labute approximate surface area is 114 Å². The Hall–Kier alpha value is -1.98. The van der Waals surface area contributed by atoms with Crippen molar-refractivity contribution in [1.82, 2.24) is 10.2 Å². The van der Waals surface area contributed by atoms with Crippen LogP contribution in [0.2, 0.25) is 0 Å². The van der Waals surface area contributed by atoms with Crippen molar-refractivity contribution >= 4 is 11.8 Å². The molecule has 0 radical (unpaired) electrons. The lowest BCUT2D eigenvalue weighted by molar-refractivity contribution is -0.145. The van der Waals surface area contributed by atoms with Crippen LogP contribution in [0.3, 0.4) is 0 Å². The number of amides is 2. The first-order chi connectivity index (χ1) is 9.54. The molecule has 0 bridgehead atoms. The summed E-state index contributed by atoms with van der Waals surface area (Å²) in [6.45, 7) is -0.197. The molecular weight excluding hydrogens is 266 g/mol. The number of halogens is 2. The van der Waals surface area contributed by atoms with Crippen molar-refractivity contribution in [3.63, 3.8) is 0 Å². The second-order valence-corrected chi connectivity index (χ2v) is 5.31. The topological polar surface area (TPSA) is 49.4 Å². The Morgan fingerprint density at radius 3 is 2.70 bits per heavy atom. The minimum Gasteiger partial charge on any atom is -0.342 e. The predicted octanol–water partition coefficient (Wildman–Crippen LogP) is 1.20.